The van der Waals surface area contributed by atoms with Gasteiger partial charge in [-0.05, 0) is 0 Å². The number of benzene rings is 4. The molecule has 0 fully saturated rings. The minimum absolute atomic E-state index is 0.262. The summed E-state index contributed by atoms with van der Waals surface area (Å²) in [4.78, 5) is 0. The van der Waals surface area contributed by atoms with E-state index in [1.807, 2.05) is 0 Å². The summed E-state index contributed by atoms with van der Waals surface area (Å²) in [6.07, 6.45) is 12.2. The molecule has 4 atom stereocenters. The van der Waals surface area contributed by atoms with E-state index in [-0.39, 0.29) is 7.35 Å². The molecule has 4 heteroatoms. The normalized spacial score (nSPS) is 25.8. The van der Waals surface area contributed by atoms with E-state index in [2.05, 4.69) is 124 Å². The second-order valence-electron chi connectivity index (χ2n) is 15.0. The quantitative estimate of drug-likeness (QED) is 0.176. The molecule has 0 heterocycles. The summed E-state index contributed by atoms with van der Waals surface area (Å²) in [6.45, 7) is 9.76. The van der Waals surface area contributed by atoms with E-state index in [0.29, 0.717) is 11.8 Å². The zero-order valence-corrected chi connectivity index (χ0v) is 33.9. The van der Waals surface area contributed by atoms with Crippen LogP contribution in [0.25, 0.3) is 21.5 Å². The van der Waals surface area contributed by atoms with Gasteiger partial charge in [0.15, 0.2) is 0 Å². The summed E-state index contributed by atoms with van der Waals surface area (Å²) in [6, 6.07) is 31.6. The first-order valence-corrected chi connectivity index (χ1v) is 39.7. The van der Waals surface area contributed by atoms with Crippen molar-refractivity contribution in [1.29, 1.82) is 0 Å². The molecule has 46 heavy (non-hydrogen) atoms. The van der Waals surface area contributed by atoms with Gasteiger partial charge in [-0.3, -0.25) is 0 Å². The Bertz CT molecular complexity index is 1880. The third-order valence-electron chi connectivity index (χ3n) is 12.3. The average Bonchev–Trinajstić information content (AvgIpc) is 3.60. The van der Waals surface area contributed by atoms with E-state index >= 15 is 0 Å². The van der Waals surface area contributed by atoms with E-state index in [0.717, 1.165) is 12.8 Å². The van der Waals surface area contributed by atoms with Crippen LogP contribution in [-0.4, -0.2) is 5.98 Å². The van der Waals surface area contributed by atoms with Crippen LogP contribution in [0.5, 0.6) is 0 Å². The molecular weight excluding hydrogens is 782 g/mol. The fourth-order valence-corrected chi connectivity index (χ4v) is 58.7. The maximum atomic E-state index is 8.65. The Hall–Kier alpha value is -1.97. The van der Waals surface area contributed by atoms with Gasteiger partial charge in [-0.15, -0.1) is 0 Å². The maximum absolute atomic E-state index is 8.65. The molecule has 0 nitrogen and oxygen atoms in total. The first-order valence-electron chi connectivity index (χ1n) is 17.5. The molecule has 0 bridgehead atoms. The number of rotatable bonds is 5. The molecule has 0 spiro atoms. The van der Waals surface area contributed by atoms with Gasteiger partial charge in [0.25, 0.3) is 0 Å². The summed E-state index contributed by atoms with van der Waals surface area (Å²) in [5, 5.41) is 5.46. The van der Waals surface area contributed by atoms with Gasteiger partial charge in [0, 0.05) is 0 Å². The Morgan fingerprint density at radius 3 is 1.43 bits per heavy atom. The van der Waals surface area contributed by atoms with Crippen LogP contribution in [0, 0.1) is 0 Å². The minimum atomic E-state index is -4.77. The number of hydrogen-bond donors (Lipinski definition) is 0. The van der Waals surface area contributed by atoms with Gasteiger partial charge in [-0.1, -0.05) is 0 Å². The predicted octanol–water partition coefficient (Wildman–Crippen LogP) is 13.3. The van der Waals surface area contributed by atoms with Crippen LogP contribution in [0.15, 0.2) is 131 Å². The molecule has 4 aromatic carbocycles. The van der Waals surface area contributed by atoms with Crippen molar-refractivity contribution in [2.45, 2.75) is 84.7 Å². The van der Waals surface area contributed by atoms with Gasteiger partial charge in [0.1, 0.15) is 0 Å². The van der Waals surface area contributed by atoms with Crippen molar-refractivity contribution in [2.75, 3.05) is 0 Å². The van der Waals surface area contributed by atoms with E-state index in [1.54, 1.807) is 22.3 Å². The summed E-state index contributed by atoms with van der Waals surface area (Å²) < 4.78 is 0.524. The molecule has 4 aliphatic rings. The Kier molecular flexibility index (Phi) is 7.88. The van der Waals surface area contributed by atoms with Crippen LogP contribution >= 0.6 is 17.2 Å². The molecule has 0 radical (unpaired) electrons. The third-order valence-corrected chi connectivity index (χ3v) is 86.1. The van der Waals surface area contributed by atoms with E-state index in [4.69, 9.17) is 17.2 Å². The molecule has 235 valence electrons. The molecule has 8 rings (SSSR count). The average molecular weight is 827 g/mol. The fraction of sp³-hybridized carbons (Fsp3) is 0.333. The standard InChI is InChI=1S/2C20H19.C2H7Si.2ClH.Hf/c2*1-14-12-16-8-5-11-19(20(16)13-14)18-10-4-7-15-6-2-3-9-17(15)18;1-3-2;;;/h2*2-4,6-7,9-10,12-13,19H,5,8,11H2,1H3;3H,1-2H3;2*1H;/q;;;;;+2/p-2. The molecule has 0 saturated heterocycles. The van der Waals surface area contributed by atoms with Crippen molar-refractivity contribution in [3.05, 3.63) is 142 Å². The first kappa shape index (κ1) is 31.3. The molecule has 0 aliphatic heterocycles. The molecule has 4 aliphatic carbocycles. The monoisotopic (exact) mass is 827 g/mol. The van der Waals surface area contributed by atoms with Gasteiger partial charge in [0.05, 0.1) is 0 Å². The SMILES string of the molecule is CC1=CC2=C(CCCC2c2cccc3ccccc23)[CH]1[Hf]([Cl])([Cl])([CH]1C(C)=CC2=C1CCCC2c1cccc2ccccc12)[SiH](C)C. The Morgan fingerprint density at radius 2 is 1.00 bits per heavy atom. The van der Waals surface area contributed by atoms with E-state index in [1.165, 1.54) is 69.5 Å². The van der Waals surface area contributed by atoms with Crippen LogP contribution in [0.2, 0.25) is 20.4 Å². The Balaban J connectivity index is 1.26. The van der Waals surface area contributed by atoms with Gasteiger partial charge in [-0.2, -0.15) is 0 Å². The predicted molar refractivity (Wildman–Crippen MR) is 201 cm³/mol. The van der Waals surface area contributed by atoms with Crippen LogP contribution in [0.4, 0.5) is 0 Å². The van der Waals surface area contributed by atoms with Crippen LogP contribution in [-0.2, 0) is 15.3 Å². The third kappa shape index (κ3) is 4.60. The zero-order valence-electron chi connectivity index (χ0n) is 27.6. The second kappa shape index (κ2) is 11.6. The first-order chi connectivity index (χ1) is 22.2. The molecular formula is C42H45Cl2HfSi. The number of hydrogen-bond acceptors (Lipinski definition) is 0. The molecule has 4 aromatic rings. The Morgan fingerprint density at radius 1 is 0.587 bits per heavy atom. The van der Waals surface area contributed by atoms with Gasteiger partial charge in [0.2, 0.25) is 0 Å². The molecule has 4 unspecified atom stereocenters. The van der Waals surface area contributed by atoms with Crippen LogP contribution in [0.3, 0.4) is 0 Å². The van der Waals surface area contributed by atoms with Gasteiger partial charge >= 0.3 is 286 Å². The summed E-state index contributed by atoms with van der Waals surface area (Å²) in [7, 11) is 17.3. The van der Waals surface area contributed by atoms with E-state index in [9.17, 15) is 0 Å². The summed E-state index contributed by atoms with van der Waals surface area (Å²) in [5.41, 5.74) is 12.2. The number of allylic oxidation sites excluding steroid dienone is 8. The summed E-state index contributed by atoms with van der Waals surface area (Å²) in [5.74, 6) is -0.671. The Labute approximate surface area is 284 Å². The molecule has 0 amide bonds. The van der Waals surface area contributed by atoms with Crippen molar-refractivity contribution < 1.29 is 15.3 Å². The van der Waals surface area contributed by atoms with Crippen molar-refractivity contribution in [1.82, 2.24) is 0 Å². The molecule has 0 saturated carbocycles. The topological polar surface area (TPSA) is 0 Å². The number of fused-ring (bicyclic) bond motifs is 2. The number of halogens is 2. The van der Waals surface area contributed by atoms with Gasteiger partial charge in [-0.25, -0.2) is 0 Å². The zero-order chi connectivity index (χ0) is 31.8. The second-order valence-corrected chi connectivity index (χ2v) is 74.3. The summed E-state index contributed by atoms with van der Waals surface area (Å²) >= 11 is -4.77. The van der Waals surface area contributed by atoms with Crippen molar-refractivity contribution in [3.63, 3.8) is 0 Å². The van der Waals surface area contributed by atoms with Gasteiger partial charge < -0.3 is 0 Å². The van der Waals surface area contributed by atoms with Crippen LogP contribution < -0.4 is 0 Å². The fourth-order valence-electron chi connectivity index (χ4n) is 10.4. The van der Waals surface area contributed by atoms with Crippen molar-refractivity contribution in [2.24, 2.45) is 0 Å². The molecule has 0 aromatic heterocycles. The van der Waals surface area contributed by atoms with Crippen molar-refractivity contribution in [3.8, 4) is 0 Å². The van der Waals surface area contributed by atoms with Crippen molar-refractivity contribution >= 4 is 44.7 Å². The van der Waals surface area contributed by atoms with E-state index < -0.39 is 21.3 Å². The molecule has 0 N–H and O–H groups in total. The van der Waals surface area contributed by atoms with Crippen LogP contribution in [0.1, 0.15) is 75.3 Å².